The molecule has 0 aliphatic heterocycles. The van der Waals surface area contributed by atoms with E-state index < -0.39 is 12.5 Å². The topological polar surface area (TPSA) is 58.4 Å². The molecule has 0 bridgehead atoms. The van der Waals surface area contributed by atoms with Crippen LogP contribution in [0.25, 0.3) is 0 Å². The lowest BCUT2D eigenvalue weighted by Gasteiger charge is -2.15. The molecule has 0 aromatic carbocycles. The van der Waals surface area contributed by atoms with Gasteiger partial charge in [-0.05, 0) is 7.05 Å². The summed E-state index contributed by atoms with van der Waals surface area (Å²) in [6.45, 7) is -2.12. The van der Waals surface area contributed by atoms with Gasteiger partial charge >= 0.3 is 12.5 Å². The van der Waals surface area contributed by atoms with Gasteiger partial charge in [-0.15, -0.1) is 0 Å². The molecular weight excluding hydrogens is 220 g/mol. The van der Waals surface area contributed by atoms with Crippen LogP contribution in [0.4, 0.5) is 8.78 Å². The second-order valence-electron chi connectivity index (χ2n) is 3.41. The Morgan fingerprint density at radius 3 is 2.94 bits per heavy atom. The minimum atomic E-state index is -2.62. The van der Waals surface area contributed by atoms with Crippen LogP contribution in [0, 0.1) is 0 Å². The average Bonchev–Trinajstić information content (AvgIpc) is 2.62. The molecule has 1 heterocycles. The lowest BCUT2D eigenvalue weighted by molar-refractivity contribution is -0.137. The second kappa shape index (κ2) is 5.55. The number of alkyl halides is 2. The fourth-order valence-corrected chi connectivity index (χ4v) is 1.25. The quantitative estimate of drug-likeness (QED) is 0.801. The molecule has 0 saturated carbocycles. The summed E-state index contributed by atoms with van der Waals surface area (Å²) in [5, 5.41) is 8.46. The van der Waals surface area contributed by atoms with Crippen molar-refractivity contribution in [2.45, 2.75) is 19.5 Å². The molecule has 1 N–H and O–H groups in total. The van der Waals surface area contributed by atoms with Crippen molar-refractivity contribution in [3.05, 3.63) is 18.2 Å². The molecular formula is C9H13F2N3O2. The van der Waals surface area contributed by atoms with E-state index >= 15 is 0 Å². The van der Waals surface area contributed by atoms with Crippen molar-refractivity contribution in [3.8, 4) is 0 Å². The highest BCUT2D eigenvalue weighted by Crippen LogP contribution is 2.13. The minimum absolute atomic E-state index is 0.0219. The number of rotatable bonds is 6. The largest absolute Gasteiger partial charge is 0.481 e. The van der Waals surface area contributed by atoms with E-state index in [4.69, 9.17) is 5.11 Å². The lowest BCUT2D eigenvalue weighted by atomic mass is 10.4. The molecule has 0 atom stereocenters. The number of aromatic nitrogens is 2. The van der Waals surface area contributed by atoms with E-state index in [1.54, 1.807) is 11.9 Å². The zero-order valence-electron chi connectivity index (χ0n) is 8.81. The van der Waals surface area contributed by atoms with Crippen molar-refractivity contribution in [2.75, 3.05) is 13.6 Å². The summed E-state index contributed by atoms with van der Waals surface area (Å²) in [5.74, 6) is -0.688. The molecule has 0 amide bonds. The zero-order chi connectivity index (χ0) is 12.1. The van der Waals surface area contributed by atoms with Gasteiger partial charge in [0.05, 0.1) is 13.0 Å². The van der Waals surface area contributed by atoms with Gasteiger partial charge in [-0.2, -0.15) is 8.78 Å². The van der Waals surface area contributed by atoms with Crippen LogP contribution < -0.4 is 0 Å². The number of hydrogen-bond acceptors (Lipinski definition) is 3. The molecule has 1 aromatic heterocycles. The summed E-state index contributed by atoms with van der Waals surface area (Å²) >= 11 is 0. The summed E-state index contributed by atoms with van der Waals surface area (Å²) in [6, 6.07) is 0. The number of carboxylic acids is 1. The molecule has 1 aromatic rings. The maximum absolute atomic E-state index is 12.4. The first-order valence-corrected chi connectivity index (χ1v) is 4.71. The smallest absolute Gasteiger partial charge is 0.319 e. The third kappa shape index (κ3) is 3.58. The van der Waals surface area contributed by atoms with Crippen LogP contribution >= 0.6 is 0 Å². The van der Waals surface area contributed by atoms with Crippen LogP contribution in [0.5, 0.6) is 0 Å². The number of carboxylic acid groups (broad SMARTS) is 1. The van der Waals surface area contributed by atoms with E-state index in [0.717, 1.165) is 4.57 Å². The Bertz CT molecular complexity index is 354. The van der Waals surface area contributed by atoms with E-state index in [9.17, 15) is 13.6 Å². The first kappa shape index (κ1) is 12.6. The number of halogens is 2. The van der Waals surface area contributed by atoms with Crippen LogP contribution in [0.2, 0.25) is 0 Å². The van der Waals surface area contributed by atoms with E-state index in [1.807, 2.05) is 0 Å². The third-order valence-electron chi connectivity index (χ3n) is 2.08. The maximum atomic E-state index is 12.4. The fourth-order valence-electron chi connectivity index (χ4n) is 1.25. The Morgan fingerprint density at radius 2 is 2.38 bits per heavy atom. The van der Waals surface area contributed by atoms with Crippen LogP contribution in [0.3, 0.4) is 0 Å². The summed E-state index contributed by atoms with van der Waals surface area (Å²) in [6.07, 6.45) is 2.48. The van der Waals surface area contributed by atoms with Gasteiger partial charge in [0.25, 0.3) is 0 Å². The minimum Gasteiger partial charge on any atom is -0.481 e. The molecule has 7 heteroatoms. The van der Waals surface area contributed by atoms with Crippen LogP contribution in [0.15, 0.2) is 12.4 Å². The van der Waals surface area contributed by atoms with Gasteiger partial charge < -0.3 is 5.11 Å². The predicted molar refractivity (Wildman–Crippen MR) is 52.1 cm³/mol. The molecule has 0 aliphatic carbocycles. The molecule has 0 unspecified atom stereocenters. The van der Waals surface area contributed by atoms with Gasteiger partial charge in [0.2, 0.25) is 0 Å². The lowest BCUT2D eigenvalue weighted by Crippen LogP contribution is -2.23. The number of imidazole rings is 1. The monoisotopic (exact) mass is 233 g/mol. The van der Waals surface area contributed by atoms with Crippen molar-refractivity contribution in [2.24, 2.45) is 0 Å². The Labute approximate surface area is 91.3 Å². The summed E-state index contributed by atoms with van der Waals surface area (Å²) in [7, 11) is 1.66. The predicted octanol–water partition coefficient (Wildman–Crippen LogP) is 1.18. The van der Waals surface area contributed by atoms with Crippen LogP contribution in [-0.2, 0) is 11.3 Å². The molecule has 0 spiro atoms. The molecule has 5 nitrogen and oxygen atoms in total. The summed E-state index contributed by atoms with van der Waals surface area (Å²) < 4.78 is 25.6. The summed E-state index contributed by atoms with van der Waals surface area (Å²) in [5.41, 5.74) is 0. The first-order valence-electron chi connectivity index (χ1n) is 4.71. The SMILES string of the molecule is CN(CCC(=O)O)Cc1nccn1C(F)F. The van der Waals surface area contributed by atoms with Gasteiger partial charge in [-0.25, -0.2) is 4.98 Å². The van der Waals surface area contributed by atoms with Crippen LogP contribution in [-0.4, -0.2) is 39.1 Å². The Kier molecular flexibility index (Phi) is 4.36. The first-order chi connectivity index (χ1) is 7.50. The molecule has 0 saturated heterocycles. The van der Waals surface area contributed by atoms with Crippen molar-refractivity contribution in [3.63, 3.8) is 0 Å². The van der Waals surface area contributed by atoms with Crippen molar-refractivity contribution < 1.29 is 18.7 Å². The molecule has 0 aliphatic rings. The average molecular weight is 233 g/mol. The number of aliphatic carboxylic acids is 1. The van der Waals surface area contributed by atoms with Crippen molar-refractivity contribution in [1.29, 1.82) is 0 Å². The Morgan fingerprint density at radius 1 is 1.69 bits per heavy atom. The maximum Gasteiger partial charge on any atom is 0.319 e. The highest BCUT2D eigenvalue weighted by Gasteiger charge is 2.13. The standard InChI is InChI=1S/C9H13F2N3O2/c1-13(4-2-8(15)16)6-7-12-3-5-14(7)9(10)11/h3,5,9H,2,4,6H2,1H3,(H,15,16). The molecule has 90 valence electrons. The van der Waals surface area contributed by atoms with Gasteiger partial charge in [-0.3, -0.25) is 14.3 Å². The number of nitrogens with zero attached hydrogens (tertiary/aromatic N) is 3. The highest BCUT2D eigenvalue weighted by molar-refractivity contribution is 5.66. The van der Waals surface area contributed by atoms with E-state index in [-0.39, 0.29) is 18.8 Å². The molecule has 0 fully saturated rings. The van der Waals surface area contributed by atoms with Crippen molar-refractivity contribution >= 4 is 5.97 Å². The molecule has 16 heavy (non-hydrogen) atoms. The fraction of sp³-hybridized carbons (Fsp3) is 0.556. The van der Waals surface area contributed by atoms with Crippen LogP contribution in [0.1, 0.15) is 18.8 Å². The third-order valence-corrected chi connectivity index (χ3v) is 2.08. The van der Waals surface area contributed by atoms with E-state index in [2.05, 4.69) is 4.98 Å². The van der Waals surface area contributed by atoms with E-state index in [1.165, 1.54) is 12.4 Å². The number of carbonyl (C=O) groups is 1. The Balaban J connectivity index is 2.52. The number of hydrogen-bond donors (Lipinski definition) is 1. The second-order valence-corrected chi connectivity index (χ2v) is 3.41. The molecule has 0 radical (unpaired) electrons. The van der Waals surface area contributed by atoms with E-state index in [0.29, 0.717) is 6.54 Å². The van der Waals surface area contributed by atoms with Gasteiger partial charge in [0, 0.05) is 18.9 Å². The zero-order valence-corrected chi connectivity index (χ0v) is 8.81. The normalized spacial score (nSPS) is 11.3. The van der Waals surface area contributed by atoms with Gasteiger partial charge in [0.1, 0.15) is 5.82 Å². The van der Waals surface area contributed by atoms with Gasteiger partial charge in [-0.1, -0.05) is 0 Å². The van der Waals surface area contributed by atoms with Crippen molar-refractivity contribution in [1.82, 2.24) is 14.5 Å². The molecule has 1 rings (SSSR count). The Hall–Kier alpha value is -1.50. The summed E-state index contributed by atoms with van der Waals surface area (Å²) in [4.78, 5) is 15.7. The van der Waals surface area contributed by atoms with Gasteiger partial charge in [0.15, 0.2) is 0 Å². The highest BCUT2D eigenvalue weighted by atomic mass is 19.3.